The Morgan fingerprint density at radius 2 is 1.72 bits per heavy atom. The molecule has 0 aliphatic carbocycles. The molecule has 0 spiro atoms. The van der Waals surface area contributed by atoms with E-state index in [-0.39, 0.29) is 27.9 Å². The molecular formula is C37H41Cl2N3O7S. The minimum Gasteiger partial charge on any atom is -0.619 e. The Balaban J connectivity index is 1.49. The maximum atomic E-state index is 13.8. The molecule has 5 rings (SSSR count). The van der Waals surface area contributed by atoms with Crippen LogP contribution in [0.3, 0.4) is 0 Å². The van der Waals surface area contributed by atoms with Crippen molar-refractivity contribution in [1.29, 1.82) is 0 Å². The molecule has 266 valence electrons. The number of piperidine rings is 1. The molecule has 13 heteroatoms. The molecule has 3 heterocycles. The van der Waals surface area contributed by atoms with E-state index in [0.29, 0.717) is 44.8 Å². The van der Waals surface area contributed by atoms with Gasteiger partial charge in [-0.3, -0.25) is 5.32 Å². The van der Waals surface area contributed by atoms with E-state index < -0.39 is 23.4 Å². The zero-order valence-electron chi connectivity index (χ0n) is 28.4. The number of ether oxygens (including phenoxy) is 3. The van der Waals surface area contributed by atoms with Gasteiger partial charge in [0, 0.05) is 22.9 Å². The van der Waals surface area contributed by atoms with Crippen LogP contribution in [0.5, 0.6) is 11.5 Å². The molecule has 2 aromatic carbocycles. The van der Waals surface area contributed by atoms with Crippen LogP contribution in [0, 0.1) is 11.1 Å². The van der Waals surface area contributed by atoms with Crippen molar-refractivity contribution in [3.8, 4) is 11.5 Å². The second-order valence-corrected chi connectivity index (χ2v) is 14.6. The van der Waals surface area contributed by atoms with Gasteiger partial charge in [0.15, 0.2) is 23.9 Å². The van der Waals surface area contributed by atoms with Crippen molar-refractivity contribution in [2.45, 2.75) is 44.2 Å². The number of carbonyl (C=O) groups excluding carboxylic acids is 1. The number of likely N-dealkylation sites (tertiary alicyclic amines) is 1. The number of methoxy groups -OCH3 is 2. The second-order valence-electron chi connectivity index (χ2n) is 12.7. The van der Waals surface area contributed by atoms with Crippen molar-refractivity contribution < 1.29 is 33.6 Å². The van der Waals surface area contributed by atoms with Crippen LogP contribution in [0.15, 0.2) is 67.0 Å². The Bertz CT molecular complexity index is 1790. The molecule has 2 atom stereocenters. The first kappa shape index (κ1) is 37.4. The molecule has 1 fully saturated rings. The van der Waals surface area contributed by atoms with Gasteiger partial charge < -0.3 is 29.4 Å². The predicted molar refractivity (Wildman–Crippen MR) is 194 cm³/mol. The fourth-order valence-electron chi connectivity index (χ4n) is 6.27. The van der Waals surface area contributed by atoms with Crippen molar-refractivity contribution in [2.75, 3.05) is 41.0 Å². The smallest absolute Gasteiger partial charge is 0.346 e. The average molecular weight is 743 g/mol. The van der Waals surface area contributed by atoms with E-state index in [9.17, 15) is 19.9 Å². The number of hydrogen-bond acceptors (Lipinski definition) is 9. The van der Waals surface area contributed by atoms with Crippen LogP contribution < -0.4 is 19.5 Å². The third kappa shape index (κ3) is 8.52. The standard InChI is InChI=1S/C37H41Cl2N3O7S/c1-37(25-8-6-5-7-9-25,36(45)49-22-23-12-14-41(2)15-13-23)40-19-26-17-28(34(50-26)35(43)44)27(18-29-30(38)20-42(46)21-31(29)39)24-10-11-32(47-3)33(16-24)48-4/h5-11,16-17,20-21,23,27,40H,12-15,18-19,22H2,1-4H3,(H,43,44)/t27-,37?/m0/s1. The lowest BCUT2D eigenvalue weighted by atomic mass is 9.85. The lowest BCUT2D eigenvalue weighted by molar-refractivity contribution is -0.605. The fourth-order valence-corrected chi connectivity index (χ4v) is 7.87. The summed E-state index contributed by atoms with van der Waals surface area (Å²) in [5.74, 6) is -0.799. The van der Waals surface area contributed by atoms with Crippen molar-refractivity contribution >= 4 is 46.5 Å². The predicted octanol–water partition coefficient (Wildman–Crippen LogP) is 6.67. The molecule has 1 aliphatic heterocycles. The number of aromatic carboxylic acids is 1. The highest BCUT2D eigenvalue weighted by atomic mass is 35.5. The quantitative estimate of drug-likeness (QED) is 0.0829. The monoisotopic (exact) mass is 741 g/mol. The molecule has 2 aromatic heterocycles. The molecule has 1 saturated heterocycles. The first-order valence-electron chi connectivity index (χ1n) is 16.2. The van der Waals surface area contributed by atoms with Crippen LogP contribution >= 0.6 is 34.5 Å². The lowest BCUT2D eigenvalue weighted by Crippen LogP contribution is -2.47. The summed E-state index contributed by atoms with van der Waals surface area (Å²) in [6.45, 7) is 4.25. The van der Waals surface area contributed by atoms with Gasteiger partial charge in [0.1, 0.15) is 20.5 Å². The third-order valence-electron chi connectivity index (χ3n) is 9.32. The number of carboxylic acid groups (broad SMARTS) is 1. The van der Waals surface area contributed by atoms with Gasteiger partial charge in [-0.05, 0) is 87.1 Å². The van der Waals surface area contributed by atoms with Crippen molar-refractivity contribution in [2.24, 2.45) is 5.92 Å². The number of carboxylic acids is 1. The Morgan fingerprint density at radius 1 is 1.06 bits per heavy atom. The van der Waals surface area contributed by atoms with Crippen LogP contribution in [0.1, 0.15) is 62.5 Å². The topological polar surface area (TPSA) is 124 Å². The zero-order valence-corrected chi connectivity index (χ0v) is 30.7. The van der Waals surface area contributed by atoms with Crippen molar-refractivity contribution in [1.82, 2.24) is 10.2 Å². The summed E-state index contributed by atoms with van der Waals surface area (Å²) < 4.78 is 17.5. The summed E-state index contributed by atoms with van der Waals surface area (Å²) in [5, 5.41) is 26.2. The molecule has 2 N–H and O–H groups in total. The van der Waals surface area contributed by atoms with Crippen LogP contribution in [0.2, 0.25) is 10.0 Å². The molecule has 0 radical (unpaired) electrons. The number of hydrogen-bond donors (Lipinski definition) is 2. The lowest BCUT2D eigenvalue weighted by Gasteiger charge is -2.32. The number of carbonyl (C=O) groups is 2. The van der Waals surface area contributed by atoms with Gasteiger partial charge in [-0.2, -0.15) is 4.73 Å². The molecule has 0 saturated carbocycles. The maximum absolute atomic E-state index is 13.8. The molecule has 50 heavy (non-hydrogen) atoms. The molecule has 1 aliphatic rings. The Kier molecular flexibility index (Phi) is 12.3. The molecule has 0 bridgehead atoms. The number of halogens is 2. The van der Waals surface area contributed by atoms with Gasteiger partial charge in [0.05, 0.1) is 20.8 Å². The first-order valence-corrected chi connectivity index (χ1v) is 17.8. The first-order chi connectivity index (χ1) is 23.9. The van der Waals surface area contributed by atoms with E-state index in [4.69, 9.17) is 37.4 Å². The van der Waals surface area contributed by atoms with Crippen molar-refractivity contribution in [3.63, 3.8) is 0 Å². The Morgan fingerprint density at radius 3 is 2.34 bits per heavy atom. The van der Waals surface area contributed by atoms with E-state index in [1.165, 1.54) is 26.6 Å². The second kappa shape index (κ2) is 16.4. The fraction of sp³-hybridized carbons (Fsp3) is 0.378. The molecule has 0 amide bonds. The normalized spacial score (nSPS) is 15.6. The molecule has 1 unspecified atom stereocenters. The highest BCUT2D eigenvalue weighted by molar-refractivity contribution is 7.14. The van der Waals surface area contributed by atoms with Gasteiger partial charge in [0.25, 0.3) is 0 Å². The zero-order chi connectivity index (χ0) is 36.0. The summed E-state index contributed by atoms with van der Waals surface area (Å²) in [4.78, 5) is 29.7. The van der Waals surface area contributed by atoms with Gasteiger partial charge >= 0.3 is 11.9 Å². The van der Waals surface area contributed by atoms with E-state index >= 15 is 0 Å². The number of nitrogens with zero attached hydrogens (tertiary/aromatic N) is 2. The minimum absolute atomic E-state index is 0.120. The number of esters is 1. The molecule has 10 nitrogen and oxygen atoms in total. The highest BCUT2D eigenvalue weighted by Gasteiger charge is 2.38. The van der Waals surface area contributed by atoms with E-state index in [2.05, 4.69) is 17.3 Å². The third-order valence-corrected chi connectivity index (χ3v) is 11.1. The van der Waals surface area contributed by atoms with Gasteiger partial charge in [-0.15, -0.1) is 11.3 Å². The SMILES string of the molecule is COc1ccc([C@H](Cc2c(Cl)c[n+]([O-])cc2Cl)c2cc(CNC(C)(C(=O)OCC3CCN(C)CC3)c3ccccc3)sc2C(=O)O)cc1OC. The number of rotatable bonds is 14. The molecular weight excluding hydrogens is 701 g/mol. The van der Waals surface area contributed by atoms with Gasteiger partial charge in [-0.1, -0.05) is 59.6 Å². The number of nitrogens with one attached hydrogen (secondary N) is 1. The van der Waals surface area contributed by atoms with Crippen LogP contribution in [-0.4, -0.2) is 62.9 Å². The minimum atomic E-state index is -1.21. The summed E-state index contributed by atoms with van der Waals surface area (Å²) in [7, 11) is 5.15. The number of aromatic nitrogens is 1. The number of thiophene rings is 1. The Labute approximate surface area is 306 Å². The molecule has 4 aromatic rings. The van der Waals surface area contributed by atoms with Crippen LogP contribution in [-0.2, 0) is 28.0 Å². The maximum Gasteiger partial charge on any atom is 0.346 e. The van der Waals surface area contributed by atoms with Crippen LogP contribution in [0.25, 0.3) is 0 Å². The van der Waals surface area contributed by atoms with Crippen molar-refractivity contribution in [3.05, 3.63) is 114 Å². The number of benzene rings is 2. The van der Waals surface area contributed by atoms with Crippen LogP contribution in [0.4, 0.5) is 0 Å². The van der Waals surface area contributed by atoms with E-state index in [0.717, 1.165) is 48.4 Å². The summed E-state index contributed by atoms with van der Waals surface area (Å²) in [6.07, 6.45) is 4.54. The number of pyridine rings is 1. The highest BCUT2D eigenvalue weighted by Crippen LogP contribution is 2.41. The largest absolute Gasteiger partial charge is 0.619 e. The van der Waals surface area contributed by atoms with Gasteiger partial charge in [-0.25, -0.2) is 9.59 Å². The summed E-state index contributed by atoms with van der Waals surface area (Å²) in [5.41, 5.74) is 1.26. The summed E-state index contributed by atoms with van der Waals surface area (Å²) in [6, 6.07) is 16.6. The van der Waals surface area contributed by atoms with Gasteiger partial charge in [0.2, 0.25) is 0 Å². The Hall–Kier alpha value is -3.87. The van der Waals surface area contributed by atoms with E-state index in [1.54, 1.807) is 19.1 Å². The summed E-state index contributed by atoms with van der Waals surface area (Å²) >= 11 is 14.2. The average Bonchev–Trinajstić information content (AvgIpc) is 3.54. The van der Waals surface area contributed by atoms with E-state index in [1.807, 2.05) is 42.5 Å².